The van der Waals surface area contributed by atoms with Gasteiger partial charge >= 0.3 is 5.69 Å². The molecule has 10 heteroatoms. The molecule has 0 bridgehead atoms. The fourth-order valence-corrected chi connectivity index (χ4v) is 4.06. The maximum Gasteiger partial charge on any atom is 0.312 e. The highest BCUT2D eigenvalue weighted by Gasteiger charge is 2.35. The molecule has 0 saturated carbocycles. The van der Waals surface area contributed by atoms with E-state index in [0.717, 1.165) is 31.9 Å². The summed E-state index contributed by atoms with van der Waals surface area (Å²) in [7, 11) is 0. The second-order valence-electron chi connectivity index (χ2n) is 5.51. The zero-order chi connectivity index (χ0) is 19.7. The van der Waals surface area contributed by atoms with Crippen molar-refractivity contribution in [2.75, 3.05) is 0 Å². The number of hydrogen-bond acceptors (Lipinski definition) is 6. The lowest BCUT2D eigenvalue weighted by molar-refractivity contribution is -0.385. The topological polar surface area (TPSA) is 101 Å². The molecule has 0 unspecified atom stereocenters. The van der Waals surface area contributed by atoms with Gasteiger partial charge in [0.05, 0.1) is 16.4 Å². The number of nitro groups is 1. The highest BCUT2D eigenvalue weighted by Crippen LogP contribution is 2.38. The maximum absolute atomic E-state index is 12.6. The van der Waals surface area contributed by atoms with Gasteiger partial charge in [-0.05, 0) is 64.2 Å². The number of phenols is 1. The lowest BCUT2D eigenvalue weighted by Crippen LogP contribution is -2.27. The van der Waals surface area contributed by atoms with Gasteiger partial charge in [-0.25, -0.2) is 0 Å². The average molecular weight is 561 g/mol. The maximum atomic E-state index is 12.6. The molecule has 7 nitrogen and oxygen atoms in total. The van der Waals surface area contributed by atoms with Gasteiger partial charge < -0.3 is 5.11 Å². The van der Waals surface area contributed by atoms with E-state index in [4.69, 9.17) is 0 Å². The number of phenolic OH excluding ortho intramolecular Hbond substituents is 1. The molecule has 0 radical (unpaired) electrons. The number of benzene rings is 2. The summed E-state index contributed by atoms with van der Waals surface area (Å²) < 4.78 is 1.41. The smallest absolute Gasteiger partial charge is 0.312 e. The Morgan fingerprint density at radius 1 is 1.26 bits per heavy atom. The van der Waals surface area contributed by atoms with Crippen LogP contribution in [0, 0.1) is 13.7 Å². The third kappa shape index (κ3) is 4.33. The summed E-state index contributed by atoms with van der Waals surface area (Å²) in [5.74, 6) is -1.07. The van der Waals surface area contributed by atoms with Crippen LogP contribution in [0.3, 0.4) is 0 Å². The Morgan fingerprint density at radius 3 is 2.56 bits per heavy atom. The first kappa shape index (κ1) is 19.8. The quantitative estimate of drug-likeness (QED) is 0.247. The van der Waals surface area contributed by atoms with E-state index < -0.39 is 27.5 Å². The number of aromatic hydroxyl groups is 1. The molecule has 2 amide bonds. The molecule has 1 N–H and O–H groups in total. The molecule has 27 heavy (non-hydrogen) atoms. The van der Waals surface area contributed by atoms with Gasteiger partial charge in [0.1, 0.15) is 0 Å². The molecular formula is C17H10BrIN2O5S. The van der Waals surface area contributed by atoms with Gasteiger partial charge in [0.25, 0.3) is 11.1 Å². The van der Waals surface area contributed by atoms with Crippen molar-refractivity contribution in [2.45, 2.75) is 6.54 Å². The molecule has 138 valence electrons. The summed E-state index contributed by atoms with van der Waals surface area (Å²) in [5.41, 5.74) is 0.393. The summed E-state index contributed by atoms with van der Waals surface area (Å²) in [6, 6.07) is 10.0. The van der Waals surface area contributed by atoms with E-state index in [2.05, 4.69) is 38.5 Å². The molecule has 2 aromatic rings. The number of thioether (sulfide) groups is 1. The van der Waals surface area contributed by atoms with Crippen LogP contribution in [-0.4, -0.2) is 26.1 Å². The summed E-state index contributed by atoms with van der Waals surface area (Å²) in [5, 5.41) is 20.7. The summed E-state index contributed by atoms with van der Waals surface area (Å²) >= 11 is 6.03. The SMILES string of the molecule is O=C1S/C(=C\c2cc(Br)cc([N+](=O)[O-])c2O)C(=O)N1Cc1ccc(I)cc1. The lowest BCUT2D eigenvalue weighted by Gasteiger charge is -2.12. The summed E-state index contributed by atoms with van der Waals surface area (Å²) in [4.78, 5) is 36.3. The molecular weight excluding hydrogens is 551 g/mol. The zero-order valence-electron chi connectivity index (χ0n) is 13.4. The highest BCUT2D eigenvalue weighted by molar-refractivity contribution is 14.1. The van der Waals surface area contributed by atoms with Crippen LogP contribution in [0.15, 0.2) is 45.8 Å². The first-order chi connectivity index (χ1) is 12.8. The van der Waals surface area contributed by atoms with Crippen LogP contribution >= 0.6 is 50.3 Å². The van der Waals surface area contributed by atoms with Gasteiger partial charge in [-0.2, -0.15) is 0 Å². The molecule has 2 aromatic carbocycles. The van der Waals surface area contributed by atoms with Gasteiger partial charge in [-0.1, -0.05) is 28.1 Å². The number of rotatable bonds is 4. The highest BCUT2D eigenvalue weighted by atomic mass is 127. The van der Waals surface area contributed by atoms with Crippen molar-refractivity contribution in [2.24, 2.45) is 0 Å². The third-order valence-electron chi connectivity index (χ3n) is 3.69. The van der Waals surface area contributed by atoms with Crippen molar-refractivity contribution in [3.05, 3.63) is 70.6 Å². The van der Waals surface area contributed by atoms with Crippen LogP contribution < -0.4 is 0 Å². The predicted molar refractivity (Wildman–Crippen MR) is 113 cm³/mol. The number of nitro benzene ring substituents is 1. The van der Waals surface area contributed by atoms with E-state index in [1.807, 2.05) is 24.3 Å². The second kappa shape index (κ2) is 7.98. The monoisotopic (exact) mass is 560 g/mol. The van der Waals surface area contributed by atoms with Crippen molar-refractivity contribution in [3.63, 3.8) is 0 Å². The van der Waals surface area contributed by atoms with Crippen molar-refractivity contribution in [3.8, 4) is 5.75 Å². The Balaban J connectivity index is 1.90. The Bertz CT molecular complexity index is 994. The molecule has 0 atom stereocenters. The van der Waals surface area contributed by atoms with Gasteiger partial charge in [0.15, 0.2) is 0 Å². The molecule has 1 aliphatic rings. The summed E-state index contributed by atoms with van der Waals surface area (Å²) in [6.07, 6.45) is 1.28. The van der Waals surface area contributed by atoms with Gasteiger partial charge in [0.2, 0.25) is 5.75 Å². The number of hydrogen-bond donors (Lipinski definition) is 1. The zero-order valence-corrected chi connectivity index (χ0v) is 17.9. The minimum Gasteiger partial charge on any atom is -0.502 e. The van der Waals surface area contributed by atoms with E-state index in [9.17, 15) is 24.8 Å². The number of nitrogens with zero attached hydrogens (tertiary/aromatic N) is 2. The van der Waals surface area contributed by atoms with Gasteiger partial charge in [0, 0.05) is 19.7 Å². The molecule has 0 aliphatic carbocycles. The fraction of sp³-hybridized carbons (Fsp3) is 0.0588. The number of amides is 2. The van der Waals surface area contributed by atoms with Crippen molar-refractivity contribution in [1.29, 1.82) is 0 Å². The van der Waals surface area contributed by atoms with E-state index in [1.165, 1.54) is 12.1 Å². The van der Waals surface area contributed by atoms with Crippen molar-refractivity contribution >= 4 is 73.2 Å². The molecule has 0 aromatic heterocycles. The average Bonchev–Trinajstić information content (AvgIpc) is 2.87. The minimum atomic E-state index is -0.722. The number of carbonyl (C=O) groups is 2. The van der Waals surface area contributed by atoms with Gasteiger partial charge in [-0.3, -0.25) is 24.6 Å². The molecule has 0 spiro atoms. The third-order valence-corrected chi connectivity index (χ3v) is 5.78. The molecule has 1 fully saturated rings. The molecule has 1 heterocycles. The first-order valence-electron chi connectivity index (χ1n) is 7.43. The Labute approximate surface area is 179 Å². The van der Waals surface area contributed by atoms with Crippen molar-refractivity contribution < 1.29 is 19.6 Å². The fourth-order valence-electron chi connectivity index (χ4n) is 2.40. The molecule has 1 saturated heterocycles. The van der Waals surface area contributed by atoms with E-state index in [1.54, 1.807) is 0 Å². The number of carbonyl (C=O) groups excluding carboxylic acids is 2. The molecule has 3 rings (SSSR count). The second-order valence-corrected chi connectivity index (χ2v) is 8.67. The van der Waals surface area contributed by atoms with Crippen molar-refractivity contribution in [1.82, 2.24) is 4.90 Å². The largest absolute Gasteiger partial charge is 0.502 e. The minimum absolute atomic E-state index is 0.0795. The normalized spacial score (nSPS) is 15.6. The van der Waals surface area contributed by atoms with Crippen LogP contribution in [0.4, 0.5) is 10.5 Å². The van der Waals surface area contributed by atoms with Crippen LogP contribution in [0.1, 0.15) is 11.1 Å². The van der Waals surface area contributed by atoms with E-state index >= 15 is 0 Å². The lowest BCUT2D eigenvalue weighted by atomic mass is 10.1. The number of halogens is 2. The van der Waals surface area contributed by atoms with Crippen LogP contribution in [0.2, 0.25) is 0 Å². The molecule has 1 aliphatic heterocycles. The standard InChI is InChI=1S/C17H10BrIN2O5S/c18-11-5-10(15(22)13(7-11)21(25)26)6-14-16(23)20(17(24)27-14)8-9-1-3-12(19)4-2-9/h1-7,22H,8H2/b14-6-. The van der Waals surface area contributed by atoms with Gasteiger partial charge in [-0.15, -0.1) is 0 Å². The Kier molecular flexibility index (Phi) is 5.86. The Morgan fingerprint density at radius 2 is 1.93 bits per heavy atom. The number of imide groups is 1. The summed E-state index contributed by atoms with van der Waals surface area (Å²) in [6.45, 7) is 0.129. The van der Waals surface area contributed by atoms with E-state index in [0.29, 0.717) is 4.47 Å². The van der Waals surface area contributed by atoms with Crippen LogP contribution in [-0.2, 0) is 11.3 Å². The first-order valence-corrected chi connectivity index (χ1v) is 10.1. The predicted octanol–water partition coefficient (Wildman–Crippen LogP) is 4.90. The Hall–Kier alpha value is -1.92. The van der Waals surface area contributed by atoms with E-state index in [-0.39, 0.29) is 17.0 Å². The van der Waals surface area contributed by atoms with Crippen LogP contribution in [0.25, 0.3) is 6.08 Å². The van der Waals surface area contributed by atoms with Crippen LogP contribution in [0.5, 0.6) is 5.75 Å².